The highest BCUT2D eigenvalue weighted by Crippen LogP contribution is 2.27. The molecule has 0 fully saturated rings. The maximum Gasteiger partial charge on any atom is 0.150 e. The molecule has 0 atom stereocenters. The number of para-hydroxylation sites is 1. The SMILES string of the molecule is CC(C)c1ccccc1OCCOc1ccc(C=O)cc1Br. The number of ether oxygens (including phenoxy) is 2. The predicted molar refractivity (Wildman–Crippen MR) is 91.1 cm³/mol. The lowest BCUT2D eigenvalue weighted by atomic mass is 10.0. The predicted octanol–water partition coefficient (Wildman–Crippen LogP) is 4.84. The van der Waals surface area contributed by atoms with E-state index in [2.05, 4.69) is 35.8 Å². The highest BCUT2D eigenvalue weighted by molar-refractivity contribution is 9.10. The molecule has 0 aliphatic heterocycles. The molecule has 3 nitrogen and oxygen atoms in total. The number of hydrogen-bond acceptors (Lipinski definition) is 3. The normalized spacial score (nSPS) is 10.5. The van der Waals surface area contributed by atoms with Gasteiger partial charge in [0.05, 0.1) is 4.47 Å². The van der Waals surface area contributed by atoms with E-state index >= 15 is 0 Å². The molecule has 0 bridgehead atoms. The van der Waals surface area contributed by atoms with Gasteiger partial charge in [0.1, 0.15) is 31.0 Å². The second kappa shape index (κ2) is 7.99. The average Bonchev–Trinajstić information content (AvgIpc) is 2.52. The first-order valence-corrected chi connectivity index (χ1v) is 8.00. The number of rotatable bonds is 7. The van der Waals surface area contributed by atoms with Gasteiger partial charge in [-0.2, -0.15) is 0 Å². The fourth-order valence-corrected chi connectivity index (χ4v) is 2.61. The van der Waals surface area contributed by atoms with Gasteiger partial charge in [-0.1, -0.05) is 32.0 Å². The van der Waals surface area contributed by atoms with Crippen LogP contribution in [0.25, 0.3) is 0 Å². The minimum absolute atomic E-state index is 0.419. The third kappa shape index (κ3) is 4.34. The summed E-state index contributed by atoms with van der Waals surface area (Å²) in [6.45, 7) is 5.19. The molecule has 0 N–H and O–H groups in total. The first kappa shape index (κ1) is 16.6. The molecular weight excluding hydrogens is 344 g/mol. The van der Waals surface area contributed by atoms with Crippen LogP contribution in [0.2, 0.25) is 0 Å². The summed E-state index contributed by atoms with van der Waals surface area (Å²) in [5, 5.41) is 0. The van der Waals surface area contributed by atoms with Crippen molar-refractivity contribution in [2.45, 2.75) is 19.8 Å². The van der Waals surface area contributed by atoms with Crippen molar-refractivity contribution >= 4 is 22.2 Å². The first-order chi connectivity index (χ1) is 10.6. The molecule has 0 aliphatic carbocycles. The molecule has 0 aromatic heterocycles. The Kier molecular flexibility index (Phi) is 6.01. The summed E-state index contributed by atoms with van der Waals surface area (Å²) in [6.07, 6.45) is 0.806. The van der Waals surface area contributed by atoms with Gasteiger partial charge in [-0.05, 0) is 51.7 Å². The van der Waals surface area contributed by atoms with Crippen molar-refractivity contribution < 1.29 is 14.3 Å². The lowest BCUT2D eigenvalue weighted by Gasteiger charge is -2.14. The third-order valence-corrected chi connectivity index (χ3v) is 3.85. The Morgan fingerprint density at radius 3 is 2.36 bits per heavy atom. The van der Waals surface area contributed by atoms with Crippen LogP contribution in [-0.2, 0) is 0 Å². The van der Waals surface area contributed by atoms with E-state index in [1.165, 1.54) is 5.56 Å². The van der Waals surface area contributed by atoms with E-state index in [1.807, 2.05) is 18.2 Å². The largest absolute Gasteiger partial charge is 0.490 e. The second-order valence-corrected chi connectivity index (χ2v) is 6.05. The quantitative estimate of drug-likeness (QED) is 0.522. The molecule has 4 heteroatoms. The monoisotopic (exact) mass is 362 g/mol. The summed E-state index contributed by atoms with van der Waals surface area (Å²) in [7, 11) is 0. The molecule has 0 aliphatic rings. The fraction of sp³-hybridized carbons (Fsp3) is 0.278. The molecule has 0 saturated heterocycles. The summed E-state index contributed by atoms with van der Waals surface area (Å²) >= 11 is 3.39. The Morgan fingerprint density at radius 1 is 1.05 bits per heavy atom. The number of halogens is 1. The standard InChI is InChI=1S/C18H19BrO3/c1-13(2)15-5-3-4-6-17(15)21-9-10-22-18-8-7-14(12-20)11-16(18)19/h3-8,11-13H,9-10H2,1-2H3. The molecule has 0 spiro atoms. The zero-order valence-corrected chi connectivity index (χ0v) is 14.3. The number of hydrogen-bond donors (Lipinski definition) is 0. The summed E-state index contributed by atoms with van der Waals surface area (Å²) in [4.78, 5) is 10.7. The first-order valence-electron chi connectivity index (χ1n) is 7.21. The lowest BCUT2D eigenvalue weighted by molar-refractivity contribution is 0.112. The average molecular weight is 363 g/mol. The second-order valence-electron chi connectivity index (χ2n) is 5.20. The van der Waals surface area contributed by atoms with Gasteiger partial charge < -0.3 is 9.47 Å². The number of carbonyl (C=O) groups is 1. The van der Waals surface area contributed by atoms with Gasteiger partial charge in [0, 0.05) is 5.56 Å². The Labute approximate surface area is 139 Å². The van der Waals surface area contributed by atoms with Gasteiger partial charge in [0.15, 0.2) is 0 Å². The van der Waals surface area contributed by atoms with Gasteiger partial charge in [-0.3, -0.25) is 4.79 Å². The van der Waals surface area contributed by atoms with Crippen molar-refractivity contribution in [1.82, 2.24) is 0 Å². The van der Waals surface area contributed by atoms with Crippen LogP contribution in [0.3, 0.4) is 0 Å². The molecular formula is C18H19BrO3. The van der Waals surface area contributed by atoms with Crippen molar-refractivity contribution in [3.05, 3.63) is 58.1 Å². The Balaban J connectivity index is 1.89. The molecule has 116 valence electrons. The van der Waals surface area contributed by atoms with Gasteiger partial charge in [-0.15, -0.1) is 0 Å². The highest BCUT2D eigenvalue weighted by atomic mass is 79.9. The van der Waals surface area contributed by atoms with Crippen LogP contribution < -0.4 is 9.47 Å². The van der Waals surface area contributed by atoms with E-state index in [9.17, 15) is 4.79 Å². The lowest BCUT2D eigenvalue weighted by Crippen LogP contribution is -2.10. The zero-order valence-electron chi connectivity index (χ0n) is 12.7. The minimum Gasteiger partial charge on any atom is -0.490 e. The van der Waals surface area contributed by atoms with Crippen molar-refractivity contribution in [1.29, 1.82) is 0 Å². The van der Waals surface area contributed by atoms with E-state index < -0.39 is 0 Å². The van der Waals surface area contributed by atoms with Crippen LogP contribution >= 0.6 is 15.9 Å². The van der Waals surface area contributed by atoms with Crippen LogP contribution in [0, 0.1) is 0 Å². The molecule has 0 unspecified atom stereocenters. The van der Waals surface area contributed by atoms with Crippen LogP contribution in [0.15, 0.2) is 46.9 Å². The van der Waals surface area contributed by atoms with Crippen molar-refractivity contribution in [3.63, 3.8) is 0 Å². The number of benzene rings is 2. The molecule has 2 aromatic carbocycles. The van der Waals surface area contributed by atoms with E-state index in [0.29, 0.717) is 30.4 Å². The van der Waals surface area contributed by atoms with E-state index in [0.717, 1.165) is 16.5 Å². The molecule has 2 rings (SSSR count). The Morgan fingerprint density at radius 2 is 1.73 bits per heavy atom. The molecule has 0 amide bonds. The Hall–Kier alpha value is -1.81. The van der Waals surface area contributed by atoms with Crippen molar-refractivity contribution in [2.24, 2.45) is 0 Å². The summed E-state index contributed by atoms with van der Waals surface area (Å²) in [5.74, 6) is 2.02. The van der Waals surface area contributed by atoms with Crippen LogP contribution in [-0.4, -0.2) is 19.5 Å². The van der Waals surface area contributed by atoms with Crippen LogP contribution in [0.4, 0.5) is 0 Å². The van der Waals surface area contributed by atoms with Gasteiger partial charge in [0.2, 0.25) is 0 Å². The highest BCUT2D eigenvalue weighted by Gasteiger charge is 2.07. The number of aldehydes is 1. The van der Waals surface area contributed by atoms with Gasteiger partial charge in [-0.25, -0.2) is 0 Å². The van der Waals surface area contributed by atoms with E-state index in [1.54, 1.807) is 18.2 Å². The molecule has 22 heavy (non-hydrogen) atoms. The van der Waals surface area contributed by atoms with E-state index in [4.69, 9.17) is 9.47 Å². The maximum absolute atomic E-state index is 10.7. The van der Waals surface area contributed by atoms with Crippen LogP contribution in [0.5, 0.6) is 11.5 Å². The smallest absolute Gasteiger partial charge is 0.150 e. The maximum atomic E-state index is 10.7. The van der Waals surface area contributed by atoms with Crippen molar-refractivity contribution in [3.8, 4) is 11.5 Å². The Bertz CT molecular complexity index is 638. The zero-order chi connectivity index (χ0) is 15.9. The summed E-state index contributed by atoms with van der Waals surface area (Å²) in [5.41, 5.74) is 1.81. The van der Waals surface area contributed by atoms with Crippen LogP contribution in [0.1, 0.15) is 35.7 Å². The third-order valence-electron chi connectivity index (χ3n) is 3.23. The molecule has 0 radical (unpaired) electrons. The van der Waals surface area contributed by atoms with E-state index in [-0.39, 0.29) is 0 Å². The van der Waals surface area contributed by atoms with Crippen molar-refractivity contribution in [2.75, 3.05) is 13.2 Å². The molecule has 2 aromatic rings. The summed E-state index contributed by atoms with van der Waals surface area (Å²) < 4.78 is 12.2. The molecule has 0 heterocycles. The number of carbonyl (C=O) groups excluding carboxylic acids is 1. The van der Waals surface area contributed by atoms with Gasteiger partial charge >= 0.3 is 0 Å². The van der Waals surface area contributed by atoms with Gasteiger partial charge in [0.25, 0.3) is 0 Å². The topological polar surface area (TPSA) is 35.5 Å². The fourth-order valence-electron chi connectivity index (χ4n) is 2.10. The summed E-state index contributed by atoms with van der Waals surface area (Å²) in [6, 6.07) is 13.3. The minimum atomic E-state index is 0.419. The molecule has 0 saturated carbocycles.